The molecule has 0 aliphatic carbocycles. The fourth-order valence-corrected chi connectivity index (χ4v) is 8.36. The van der Waals surface area contributed by atoms with Gasteiger partial charge in [0.05, 0.1) is 0 Å². The number of rotatable bonds is 53. The van der Waals surface area contributed by atoms with E-state index in [9.17, 15) is 14.4 Å². The first-order valence-corrected chi connectivity index (χ1v) is 29.2. The Balaban J connectivity index is 4.40. The van der Waals surface area contributed by atoms with Crippen molar-refractivity contribution in [2.45, 2.75) is 309 Å². The van der Waals surface area contributed by atoms with Gasteiger partial charge in [-0.2, -0.15) is 0 Å². The Bertz CT molecular complexity index is 1170. The number of unbranched alkanes of at least 4 members (excludes halogenated alkanes) is 35. The van der Waals surface area contributed by atoms with E-state index in [1.807, 2.05) is 0 Å². The van der Waals surface area contributed by atoms with Crippen molar-refractivity contribution < 1.29 is 28.6 Å². The van der Waals surface area contributed by atoms with E-state index < -0.39 is 6.10 Å². The van der Waals surface area contributed by atoms with Crippen LogP contribution in [-0.4, -0.2) is 37.2 Å². The minimum absolute atomic E-state index is 0.0894. The molecular weight excluding hydrogens is 829 g/mol. The highest BCUT2D eigenvalue weighted by atomic mass is 16.6. The second kappa shape index (κ2) is 56.0. The zero-order chi connectivity index (χ0) is 48.6. The molecule has 0 N–H and O–H groups in total. The van der Waals surface area contributed by atoms with Crippen LogP contribution in [0.2, 0.25) is 0 Å². The lowest BCUT2D eigenvalue weighted by Crippen LogP contribution is -2.30. The van der Waals surface area contributed by atoms with Crippen molar-refractivity contribution in [2.75, 3.05) is 13.2 Å². The van der Waals surface area contributed by atoms with E-state index >= 15 is 0 Å². The second-order valence-corrected chi connectivity index (χ2v) is 19.6. The molecule has 0 aromatic heterocycles. The summed E-state index contributed by atoms with van der Waals surface area (Å²) in [5.74, 6) is -0.924. The first kappa shape index (κ1) is 64.4. The third-order valence-corrected chi connectivity index (χ3v) is 12.8. The summed E-state index contributed by atoms with van der Waals surface area (Å²) >= 11 is 0. The van der Waals surface area contributed by atoms with Crippen LogP contribution in [0.1, 0.15) is 303 Å². The van der Waals surface area contributed by atoms with Crippen molar-refractivity contribution in [3.8, 4) is 0 Å². The molecule has 0 radical (unpaired) electrons. The van der Waals surface area contributed by atoms with Crippen LogP contribution in [0.15, 0.2) is 48.6 Å². The van der Waals surface area contributed by atoms with Crippen LogP contribution in [0.3, 0.4) is 0 Å². The highest BCUT2D eigenvalue weighted by Gasteiger charge is 2.19. The summed E-state index contributed by atoms with van der Waals surface area (Å²) in [6, 6.07) is 0. The minimum Gasteiger partial charge on any atom is -0.462 e. The van der Waals surface area contributed by atoms with Gasteiger partial charge >= 0.3 is 17.9 Å². The van der Waals surface area contributed by atoms with Crippen LogP contribution in [-0.2, 0) is 28.6 Å². The molecule has 1 unspecified atom stereocenters. The monoisotopic (exact) mass is 939 g/mol. The lowest BCUT2D eigenvalue weighted by molar-refractivity contribution is -0.167. The number of esters is 3. The van der Waals surface area contributed by atoms with E-state index in [1.165, 1.54) is 180 Å². The topological polar surface area (TPSA) is 78.9 Å². The van der Waals surface area contributed by atoms with E-state index in [-0.39, 0.29) is 31.1 Å². The van der Waals surface area contributed by atoms with Gasteiger partial charge in [0.15, 0.2) is 6.10 Å². The van der Waals surface area contributed by atoms with Crippen molar-refractivity contribution in [3.05, 3.63) is 48.6 Å². The number of allylic oxidation sites excluding steroid dienone is 8. The predicted molar refractivity (Wildman–Crippen MR) is 289 cm³/mol. The molecule has 6 nitrogen and oxygen atoms in total. The molecule has 0 fully saturated rings. The van der Waals surface area contributed by atoms with Gasteiger partial charge in [0.1, 0.15) is 13.2 Å². The Morgan fingerprint density at radius 1 is 0.299 bits per heavy atom. The Labute approximate surface area is 416 Å². The summed E-state index contributed by atoms with van der Waals surface area (Å²) in [7, 11) is 0. The molecule has 0 aliphatic heterocycles. The van der Waals surface area contributed by atoms with Gasteiger partial charge in [0.2, 0.25) is 0 Å². The molecule has 0 heterocycles. The van der Waals surface area contributed by atoms with Crippen molar-refractivity contribution in [1.29, 1.82) is 0 Å². The van der Waals surface area contributed by atoms with Gasteiger partial charge in [-0.3, -0.25) is 14.4 Å². The van der Waals surface area contributed by atoms with Crippen LogP contribution in [0.5, 0.6) is 0 Å². The Hall–Kier alpha value is -2.63. The summed E-state index contributed by atoms with van der Waals surface area (Å²) in [4.78, 5) is 38.1. The van der Waals surface area contributed by atoms with Gasteiger partial charge in [-0.1, -0.05) is 236 Å². The molecular formula is C61H110O6. The number of carbonyl (C=O) groups is 3. The molecule has 0 amide bonds. The lowest BCUT2D eigenvalue weighted by atomic mass is 10.1. The largest absolute Gasteiger partial charge is 0.462 e. The third-order valence-electron chi connectivity index (χ3n) is 12.8. The molecule has 0 saturated heterocycles. The van der Waals surface area contributed by atoms with E-state index in [4.69, 9.17) is 14.2 Å². The summed E-state index contributed by atoms with van der Waals surface area (Å²) in [6.45, 7) is 6.62. The lowest BCUT2D eigenvalue weighted by Gasteiger charge is -2.18. The van der Waals surface area contributed by atoms with E-state index in [1.54, 1.807) is 0 Å². The summed E-state index contributed by atoms with van der Waals surface area (Å²) in [5, 5.41) is 0. The van der Waals surface area contributed by atoms with Crippen LogP contribution < -0.4 is 0 Å². The van der Waals surface area contributed by atoms with E-state index in [0.717, 1.165) is 83.5 Å². The van der Waals surface area contributed by atoms with Crippen molar-refractivity contribution in [3.63, 3.8) is 0 Å². The third kappa shape index (κ3) is 54.2. The maximum Gasteiger partial charge on any atom is 0.306 e. The smallest absolute Gasteiger partial charge is 0.306 e. The highest BCUT2D eigenvalue weighted by Crippen LogP contribution is 2.15. The van der Waals surface area contributed by atoms with Crippen molar-refractivity contribution >= 4 is 17.9 Å². The molecule has 0 saturated carbocycles. The van der Waals surface area contributed by atoms with Gasteiger partial charge in [-0.15, -0.1) is 0 Å². The van der Waals surface area contributed by atoms with Crippen molar-refractivity contribution in [1.82, 2.24) is 0 Å². The minimum atomic E-state index is -0.794. The van der Waals surface area contributed by atoms with Crippen LogP contribution in [0.25, 0.3) is 0 Å². The average molecular weight is 940 g/mol. The van der Waals surface area contributed by atoms with Gasteiger partial charge < -0.3 is 14.2 Å². The Kier molecular flexibility index (Phi) is 53.8. The molecule has 0 aromatic carbocycles. The maximum atomic E-state index is 12.8. The molecule has 0 rings (SSSR count). The van der Waals surface area contributed by atoms with Crippen molar-refractivity contribution in [2.24, 2.45) is 0 Å². The predicted octanol–water partition coefficient (Wildman–Crippen LogP) is 19.4. The number of ether oxygens (including phenoxy) is 3. The first-order valence-electron chi connectivity index (χ1n) is 29.2. The fraction of sp³-hybridized carbons (Fsp3) is 0.820. The maximum absolute atomic E-state index is 12.8. The quantitative estimate of drug-likeness (QED) is 0.0199. The zero-order valence-corrected chi connectivity index (χ0v) is 44.7. The van der Waals surface area contributed by atoms with Gasteiger partial charge in [0, 0.05) is 19.3 Å². The summed E-state index contributed by atoms with van der Waals surface area (Å²) in [6.07, 6.45) is 68.2. The van der Waals surface area contributed by atoms with Gasteiger partial charge in [-0.25, -0.2) is 0 Å². The molecule has 0 aromatic rings. The number of carbonyl (C=O) groups excluding carboxylic acids is 3. The normalized spacial score (nSPS) is 12.3. The molecule has 1 atom stereocenters. The first-order chi connectivity index (χ1) is 33.0. The molecule has 0 spiro atoms. The van der Waals surface area contributed by atoms with E-state index in [2.05, 4.69) is 69.4 Å². The van der Waals surface area contributed by atoms with Gasteiger partial charge in [0.25, 0.3) is 0 Å². The second-order valence-electron chi connectivity index (χ2n) is 19.6. The standard InChI is InChI=1S/C61H110O6/c1-4-7-10-13-16-19-22-25-28-30-31-32-34-36-39-42-45-48-51-54-60(63)66-57-58(56-65-59(62)53-50-47-44-41-38-35-27-24-21-18-15-12-9-6-3)67-61(64)55-52-49-46-43-40-37-33-29-26-23-20-17-14-11-8-5-2/h29-31,33,35,37-38,40,58H,4-28,32,34,36,39,41-57H2,1-3H3/b31-30-,33-29-,38-35-,40-37-. The summed E-state index contributed by atoms with van der Waals surface area (Å²) in [5.41, 5.74) is 0. The molecule has 390 valence electrons. The summed E-state index contributed by atoms with van der Waals surface area (Å²) < 4.78 is 16.8. The average Bonchev–Trinajstić information content (AvgIpc) is 3.33. The van der Waals surface area contributed by atoms with Crippen LogP contribution in [0, 0.1) is 0 Å². The molecule has 67 heavy (non-hydrogen) atoms. The number of hydrogen-bond acceptors (Lipinski definition) is 6. The van der Waals surface area contributed by atoms with E-state index in [0.29, 0.717) is 19.3 Å². The number of hydrogen-bond donors (Lipinski definition) is 0. The SMILES string of the molecule is CCCCCCCCC/C=C\C=C/CCCCCC(=O)OC(COC(=O)CCCCC/C=C\CCCCCCCCC)COC(=O)CCCCCCCCC/C=C\CCCCCCCCCC. The van der Waals surface area contributed by atoms with Crippen LogP contribution in [0.4, 0.5) is 0 Å². The molecule has 0 aliphatic rings. The molecule has 6 heteroatoms. The fourth-order valence-electron chi connectivity index (χ4n) is 8.36. The zero-order valence-electron chi connectivity index (χ0n) is 44.7. The molecule has 0 bridgehead atoms. The Morgan fingerprint density at radius 3 is 0.851 bits per heavy atom. The highest BCUT2D eigenvalue weighted by molar-refractivity contribution is 5.71. The van der Waals surface area contributed by atoms with Crippen LogP contribution >= 0.6 is 0 Å². The Morgan fingerprint density at radius 2 is 0.537 bits per heavy atom. The van der Waals surface area contributed by atoms with Gasteiger partial charge in [-0.05, 0) is 96.3 Å².